The van der Waals surface area contributed by atoms with Crippen LogP contribution in [0.15, 0.2) is 42.5 Å². The van der Waals surface area contributed by atoms with Crippen LogP contribution in [0, 0.1) is 5.82 Å². The Morgan fingerprint density at radius 1 is 1.05 bits per heavy atom. The molecule has 0 saturated heterocycles. The topological polar surface area (TPSA) is 75.3 Å². The highest BCUT2D eigenvalue weighted by Crippen LogP contribution is 2.20. The first-order valence-corrected chi connectivity index (χ1v) is 6.57. The van der Waals surface area contributed by atoms with Crippen LogP contribution in [0.2, 0.25) is 0 Å². The second kappa shape index (κ2) is 5.40. The molecule has 2 N–H and O–H groups in total. The van der Waals surface area contributed by atoms with Crippen molar-refractivity contribution >= 4 is 23.4 Å². The third kappa shape index (κ3) is 2.71. The molecular weight excluding hydrogens is 287 g/mol. The van der Waals surface area contributed by atoms with Crippen LogP contribution in [0.4, 0.5) is 10.1 Å². The summed E-state index contributed by atoms with van der Waals surface area (Å²) in [6.07, 6.45) is 0.0139. The van der Waals surface area contributed by atoms with Gasteiger partial charge in [-0.15, -0.1) is 0 Å². The molecule has 0 aromatic heterocycles. The van der Waals surface area contributed by atoms with Crippen LogP contribution in [0.25, 0.3) is 0 Å². The van der Waals surface area contributed by atoms with Gasteiger partial charge in [-0.05, 0) is 35.9 Å². The molecule has 3 rings (SSSR count). The fourth-order valence-electron chi connectivity index (χ4n) is 2.28. The second-order valence-electron chi connectivity index (χ2n) is 4.90. The number of imide groups is 1. The molecule has 0 bridgehead atoms. The van der Waals surface area contributed by atoms with E-state index in [0.29, 0.717) is 11.3 Å². The highest BCUT2D eigenvalue weighted by Gasteiger charge is 2.26. The predicted molar refractivity (Wildman–Crippen MR) is 77.0 cm³/mol. The Balaban J connectivity index is 1.74. The van der Waals surface area contributed by atoms with E-state index in [4.69, 9.17) is 0 Å². The van der Waals surface area contributed by atoms with Gasteiger partial charge in [0.25, 0.3) is 11.8 Å². The van der Waals surface area contributed by atoms with Crippen LogP contribution >= 0.6 is 0 Å². The summed E-state index contributed by atoms with van der Waals surface area (Å²) in [4.78, 5) is 34.9. The van der Waals surface area contributed by atoms with E-state index < -0.39 is 17.6 Å². The molecule has 0 unspecified atom stereocenters. The zero-order valence-corrected chi connectivity index (χ0v) is 11.4. The van der Waals surface area contributed by atoms with Crippen LogP contribution < -0.4 is 10.6 Å². The first-order chi connectivity index (χ1) is 10.5. The number of anilines is 1. The van der Waals surface area contributed by atoms with Gasteiger partial charge >= 0.3 is 0 Å². The number of amides is 3. The summed E-state index contributed by atoms with van der Waals surface area (Å²) in [7, 11) is 0. The fourth-order valence-corrected chi connectivity index (χ4v) is 2.28. The number of carbonyl (C=O) groups excluding carboxylic acids is 3. The number of halogens is 1. The number of rotatable bonds is 3. The van der Waals surface area contributed by atoms with E-state index >= 15 is 0 Å². The number of hydrogen-bond acceptors (Lipinski definition) is 3. The highest BCUT2D eigenvalue weighted by molar-refractivity contribution is 6.22. The predicted octanol–water partition coefficient (Wildman–Crippen LogP) is 1.89. The van der Waals surface area contributed by atoms with E-state index in [0.717, 1.165) is 0 Å². The average molecular weight is 298 g/mol. The van der Waals surface area contributed by atoms with Gasteiger partial charge in [-0.25, -0.2) is 4.39 Å². The molecule has 0 atom stereocenters. The van der Waals surface area contributed by atoms with Crippen molar-refractivity contribution in [1.82, 2.24) is 5.32 Å². The molecule has 1 heterocycles. The lowest BCUT2D eigenvalue weighted by Gasteiger charge is -2.06. The van der Waals surface area contributed by atoms with Crippen molar-refractivity contribution in [2.24, 2.45) is 0 Å². The average Bonchev–Trinajstić information content (AvgIpc) is 2.73. The minimum absolute atomic E-state index is 0.0139. The van der Waals surface area contributed by atoms with E-state index in [1.807, 2.05) is 0 Å². The van der Waals surface area contributed by atoms with Gasteiger partial charge in [0.15, 0.2) is 0 Å². The van der Waals surface area contributed by atoms with Crippen molar-refractivity contribution in [2.45, 2.75) is 6.42 Å². The van der Waals surface area contributed by atoms with Crippen LogP contribution in [-0.4, -0.2) is 17.7 Å². The van der Waals surface area contributed by atoms with E-state index in [-0.39, 0.29) is 23.5 Å². The maximum absolute atomic E-state index is 13.1. The zero-order valence-electron chi connectivity index (χ0n) is 11.4. The molecule has 5 nitrogen and oxygen atoms in total. The van der Waals surface area contributed by atoms with Crippen molar-refractivity contribution in [2.75, 3.05) is 5.32 Å². The minimum atomic E-state index is -0.485. The van der Waals surface area contributed by atoms with E-state index in [1.165, 1.54) is 30.3 Å². The Hall–Kier alpha value is -3.02. The van der Waals surface area contributed by atoms with E-state index in [1.54, 1.807) is 12.1 Å². The zero-order chi connectivity index (χ0) is 15.7. The van der Waals surface area contributed by atoms with Crippen LogP contribution in [0.5, 0.6) is 0 Å². The Morgan fingerprint density at radius 3 is 2.59 bits per heavy atom. The molecule has 3 amide bonds. The van der Waals surface area contributed by atoms with E-state index in [9.17, 15) is 18.8 Å². The second-order valence-corrected chi connectivity index (χ2v) is 4.90. The molecule has 0 aliphatic carbocycles. The Morgan fingerprint density at radius 2 is 1.82 bits per heavy atom. The maximum Gasteiger partial charge on any atom is 0.259 e. The van der Waals surface area contributed by atoms with Crippen molar-refractivity contribution in [3.8, 4) is 0 Å². The van der Waals surface area contributed by atoms with Gasteiger partial charge in [-0.2, -0.15) is 0 Å². The van der Waals surface area contributed by atoms with Gasteiger partial charge in [0.2, 0.25) is 5.91 Å². The molecule has 2 aromatic carbocycles. The summed E-state index contributed by atoms with van der Waals surface area (Å²) in [5.74, 6) is -1.67. The molecule has 1 aliphatic rings. The number of carbonyl (C=O) groups is 3. The molecule has 0 radical (unpaired) electrons. The van der Waals surface area contributed by atoms with Crippen molar-refractivity contribution in [1.29, 1.82) is 0 Å². The van der Waals surface area contributed by atoms with E-state index in [2.05, 4.69) is 10.6 Å². The first kappa shape index (κ1) is 13.9. The molecule has 2 aromatic rings. The standard InChI is InChI=1S/C16H11FN2O3/c17-10-3-1-2-9(6-10)7-14(20)18-11-4-5-12-13(8-11)16(22)19-15(12)21/h1-6,8H,7H2,(H,18,20)(H,19,21,22). The summed E-state index contributed by atoms with van der Waals surface area (Å²) in [5, 5.41) is 4.80. The van der Waals surface area contributed by atoms with Gasteiger partial charge in [0.05, 0.1) is 17.5 Å². The lowest BCUT2D eigenvalue weighted by molar-refractivity contribution is -0.115. The van der Waals surface area contributed by atoms with Gasteiger partial charge in [0.1, 0.15) is 5.82 Å². The summed E-state index contributed by atoms with van der Waals surface area (Å²) >= 11 is 0. The Labute approximate surface area is 125 Å². The Kier molecular flexibility index (Phi) is 3.42. The lowest BCUT2D eigenvalue weighted by atomic mass is 10.1. The molecule has 110 valence electrons. The van der Waals surface area contributed by atoms with Gasteiger partial charge in [-0.3, -0.25) is 19.7 Å². The van der Waals surface area contributed by atoms with Crippen molar-refractivity contribution in [3.63, 3.8) is 0 Å². The third-order valence-corrected chi connectivity index (χ3v) is 3.27. The van der Waals surface area contributed by atoms with Crippen molar-refractivity contribution < 1.29 is 18.8 Å². The molecule has 22 heavy (non-hydrogen) atoms. The summed E-state index contributed by atoms with van der Waals surface area (Å²) in [6.45, 7) is 0. The minimum Gasteiger partial charge on any atom is -0.326 e. The quantitative estimate of drug-likeness (QED) is 0.850. The highest BCUT2D eigenvalue weighted by atomic mass is 19.1. The molecule has 6 heteroatoms. The number of fused-ring (bicyclic) bond motifs is 1. The number of benzene rings is 2. The van der Waals surface area contributed by atoms with Crippen LogP contribution in [0.3, 0.4) is 0 Å². The summed E-state index contributed by atoms with van der Waals surface area (Å²) < 4.78 is 13.1. The normalized spacial score (nSPS) is 12.8. The molecule has 0 spiro atoms. The first-order valence-electron chi connectivity index (χ1n) is 6.57. The SMILES string of the molecule is O=C(Cc1cccc(F)c1)Nc1ccc2c(c1)C(=O)NC2=O. The van der Waals surface area contributed by atoms with Gasteiger partial charge in [0, 0.05) is 5.69 Å². The summed E-state index contributed by atoms with van der Waals surface area (Å²) in [6, 6.07) is 10.2. The number of nitrogens with one attached hydrogen (secondary N) is 2. The largest absolute Gasteiger partial charge is 0.326 e. The third-order valence-electron chi connectivity index (χ3n) is 3.27. The lowest BCUT2D eigenvalue weighted by Crippen LogP contribution is -2.19. The number of hydrogen-bond donors (Lipinski definition) is 2. The Bertz CT molecular complexity index is 802. The molecule has 0 fully saturated rings. The van der Waals surface area contributed by atoms with Crippen LogP contribution in [-0.2, 0) is 11.2 Å². The fraction of sp³-hybridized carbons (Fsp3) is 0.0625. The summed E-state index contributed by atoms with van der Waals surface area (Å²) in [5.41, 5.74) is 1.47. The molecular formula is C16H11FN2O3. The smallest absolute Gasteiger partial charge is 0.259 e. The molecule has 0 saturated carbocycles. The van der Waals surface area contributed by atoms with Gasteiger partial charge < -0.3 is 5.32 Å². The van der Waals surface area contributed by atoms with Crippen molar-refractivity contribution in [3.05, 3.63) is 65.0 Å². The van der Waals surface area contributed by atoms with Gasteiger partial charge in [-0.1, -0.05) is 12.1 Å². The monoisotopic (exact) mass is 298 g/mol. The molecule has 1 aliphatic heterocycles. The van der Waals surface area contributed by atoms with Crippen LogP contribution in [0.1, 0.15) is 26.3 Å². The maximum atomic E-state index is 13.1.